The first kappa shape index (κ1) is 11.6. The molecule has 80 valence electrons. The predicted molar refractivity (Wildman–Crippen MR) is 61.6 cm³/mol. The maximum absolute atomic E-state index is 5.43. The molecule has 0 aliphatic carbocycles. The fraction of sp³-hybridized carbons (Fsp3) is 0.700. The largest absolute Gasteiger partial charge is 0.330 e. The number of hydrogen-bond donors (Lipinski definition) is 1. The molecule has 3 nitrogen and oxygen atoms in total. The zero-order chi connectivity index (χ0) is 10.4. The molecule has 1 aromatic rings. The predicted octanol–water partition coefficient (Wildman–Crippen LogP) is 1.95. The van der Waals surface area contributed by atoms with Gasteiger partial charge in [0.05, 0.1) is 10.7 Å². The van der Waals surface area contributed by atoms with E-state index in [1.165, 1.54) is 23.6 Å². The van der Waals surface area contributed by atoms with E-state index in [2.05, 4.69) is 11.2 Å². The van der Waals surface area contributed by atoms with Gasteiger partial charge in [-0.15, -0.1) is 11.8 Å². The van der Waals surface area contributed by atoms with Crippen LogP contribution in [0.4, 0.5) is 0 Å². The van der Waals surface area contributed by atoms with Gasteiger partial charge in [0.1, 0.15) is 0 Å². The van der Waals surface area contributed by atoms with Crippen LogP contribution in [0.5, 0.6) is 0 Å². The van der Waals surface area contributed by atoms with Gasteiger partial charge in [-0.05, 0) is 38.1 Å². The number of nitrogens with two attached hydrogens (primary N) is 1. The molecule has 0 fully saturated rings. The van der Waals surface area contributed by atoms with E-state index >= 15 is 0 Å². The van der Waals surface area contributed by atoms with Crippen LogP contribution in [-0.2, 0) is 7.05 Å². The minimum Gasteiger partial charge on any atom is -0.330 e. The third-order valence-corrected chi connectivity index (χ3v) is 3.23. The second-order valence-electron chi connectivity index (χ2n) is 3.45. The first-order chi connectivity index (χ1) is 6.74. The first-order valence-corrected chi connectivity index (χ1v) is 6.06. The van der Waals surface area contributed by atoms with Gasteiger partial charge in [-0.25, -0.2) is 0 Å². The van der Waals surface area contributed by atoms with Crippen LogP contribution < -0.4 is 5.73 Å². The molecule has 14 heavy (non-hydrogen) atoms. The highest BCUT2D eigenvalue weighted by atomic mass is 32.2. The molecule has 1 aromatic heterocycles. The van der Waals surface area contributed by atoms with Crippen molar-refractivity contribution in [1.29, 1.82) is 0 Å². The van der Waals surface area contributed by atoms with Gasteiger partial charge < -0.3 is 5.73 Å². The topological polar surface area (TPSA) is 43.8 Å². The fourth-order valence-electron chi connectivity index (χ4n) is 1.32. The molecule has 0 bridgehead atoms. The lowest BCUT2D eigenvalue weighted by Crippen LogP contribution is -1.98. The maximum atomic E-state index is 5.43. The highest BCUT2D eigenvalue weighted by molar-refractivity contribution is 7.99. The minimum atomic E-state index is 0.815. The number of aromatic nitrogens is 2. The molecule has 0 unspecified atom stereocenters. The highest BCUT2D eigenvalue weighted by Crippen LogP contribution is 2.19. The van der Waals surface area contributed by atoms with Gasteiger partial charge in [0.2, 0.25) is 0 Å². The van der Waals surface area contributed by atoms with E-state index in [1.54, 1.807) is 0 Å². The Hall–Kier alpha value is -0.480. The van der Waals surface area contributed by atoms with Crippen LogP contribution in [0.3, 0.4) is 0 Å². The van der Waals surface area contributed by atoms with Crippen molar-refractivity contribution in [3.05, 3.63) is 11.8 Å². The molecule has 4 heteroatoms. The summed E-state index contributed by atoms with van der Waals surface area (Å²) in [4.78, 5) is 0. The van der Waals surface area contributed by atoms with Gasteiger partial charge in [0, 0.05) is 7.05 Å². The Morgan fingerprint density at radius 1 is 1.43 bits per heavy atom. The van der Waals surface area contributed by atoms with Crippen molar-refractivity contribution >= 4 is 11.8 Å². The lowest BCUT2D eigenvalue weighted by molar-refractivity contribution is 0.690. The summed E-state index contributed by atoms with van der Waals surface area (Å²) in [5, 5.41) is 5.56. The molecule has 0 aliphatic rings. The second kappa shape index (κ2) is 6.09. The molecule has 0 aliphatic heterocycles. The van der Waals surface area contributed by atoms with Crippen LogP contribution >= 0.6 is 11.8 Å². The maximum Gasteiger partial charge on any atom is 0.0939 e. The van der Waals surface area contributed by atoms with E-state index in [9.17, 15) is 0 Å². The zero-order valence-electron chi connectivity index (χ0n) is 8.99. The normalized spacial score (nSPS) is 10.8. The van der Waals surface area contributed by atoms with E-state index in [0.717, 1.165) is 18.7 Å². The van der Waals surface area contributed by atoms with Crippen molar-refractivity contribution in [2.75, 3.05) is 12.3 Å². The van der Waals surface area contributed by atoms with E-state index < -0.39 is 0 Å². The van der Waals surface area contributed by atoms with Crippen molar-refractivity contribution in [2.45, 2.75) is 31.2 Å². The Kier molecular flexibility index (Phi) is 5.04. The Morgan fingerprint density at radius 3 is 2.79 bits per heavy atom. The Morgan fingerprint density at radius 2 is 2.21 bits per heavy atom. The van der Waals surface area contributed by atoms with Crippen LogP contribution in [0, 0.1) is 6.92 Å². The molecular weight excluding hydrogens is 194 g/mol. The molecule has 0 saturated carbocycles. The van der Waals surface area contributed by atoms with Crippen LogP contribution in [0.15, 0.2) is 11.1 Å². The molecule has 0 spiro atoms. The van der Waals surface area contributed by atoms with Gasteiger partial charge in [-0.3, -0.25) is 4.68 Å². The fourth-order valence-corrected chi connectivity index (χ4v) is 2.36. The number of thioether (sulfide) groups is 1. The van der Waals surface area contributed by atoms with Crippen molar-refractivity contribution < 1.29 is 0 Å². The Labute approximate surface area is 90.1 Å². The molecule has 0 aromatic carbocycles. The molecule has 0 radical (unpaired) electrons. The van der Waals surface area contributed by atoms with Crippen molar-refractivity contribution in [3.8, 4) is 0 Å². The van der Waals surface area contributed by atoms with E-state index in [1.807, 2.05) is 30.4 Å². The smallest absolute Gasteiger partial charge is 0.0939 e. The molecule has 0 amide bonds. The third kappa shape index (κ3) is 3.72. The van der Waals surface area contributed by atoms with Crippen molar-refractivity contribution in [3.63, 3.8) is 0 Å². The molecule has 1 rings (SSSR count). The monoisotopic (exact) mass is 213 g/mol. The number of nitrogens with zero attached hydrogens (tertiary/aromatic N) is 2. The lowest BCUT2D eigenvalue weighted by Gasteiger charge is -2.00. The summed E-state index contributed by atoms with van der Waals surface area (Å²) < 4.78 is 1.95. The van der Waals surface area contributed by atoms with E-state index in [0.29, 0.717) is 0 Å². The average Bonchev–Trinajstić information content (AvgIpc) is 2.45. The van der Waals surface area contributed by atoms with Gasteiger partial charge >= 0.3 is 0 Å². The van der Waals surface area contributed by atoms with Crippen molar-refractivity contribution in [2.24, 2.45) is 12.8 Å². The first-order valence-electron chi connectivity index (χ1n) is 5.07. The number of rotatable bonds is 6. The molecular formula is C10H19N3S. The minimum absolute atomic E-state index is 0.815. The van der Waals surface area contributed by atoms with Crippen molar-refractivity contribution in [1.82, 2.24) is 9.78 Å². The van der Waals surface area contributed by atoms with E-state index in [-0.39, 0.29) is 0 Å². The summed E-state index contributed by atoms with van der Waals surface area (Å²) in [5.41, 5.74) is 6.52. The summed E-state index contributed by atoms with van der Waals surface area (Å²) in [6, 6.07) is 2.13. The quantitative estimate of drug-likeness (QED) is 0.580. The highest BCUT2D eigenvalue weighted by Gasteiger charge is 2.01. The zero-order valence-corrected chi connectivity index (χ0v) is 9.81. The van der Waals surface area contributed by atoms with E-state index in [4.69, 9.17) is 5.73 Å². The summed E-state index contributed by atoms with van der Waals surface area (Å²) in [5.74, 6) is 1.17. The van der Waals surface area contributed by atoms with Crippen LogP contribution in [-0.4, -0.2) is 22.1 Å². The van der Waals surface area contributed by atoms with Crippen LogP contribution in [0.1, 0.15) is 25.0 Å². The van der Waals surface area contributed by atoms with Gasteiger partial charge in [0.15, 0.2) is 0 Å². The van der Waals surface area contributed by atoms with Crippen LogP contribution in [0.25, 0.3) is 0 Å². The SMILES string of the molecule is Cc1cc(SCCCCCN)n(C)n1. The number of unbranched alkanes of at least 4 members (excludes halogenated alkanes) is 2. The standard InChI is InChI=1S/C10H19N3S/c1-9-8-10(13(2)12-9)14-7-5-3-4-6-11/h8H,3-7,11H2,1-2H3. The number of aryl methyl sites for hydroxylation is 2. The molecule has 0 atom stereocenters. The number of hydrogen-bond acceptors (Lipinski definition) is 3. The molecule has 2 N–H and O–H groups in total. The Bertz CT molecular complexity index is 270. The summed E-state index contributed by atoms with van der Waals surface area (Å²) in [6.07, 6.45) is 3.62. The van der Waals surface area contributed by atoms with Crippen LogP contribution in [0.2, 0.25) is 0 Å². The summed E-state index contributed by atoms with van der Waals surface area (Å²) in [6.45, 7) is 2.84. The van der Waals surface area contributed by atoms with Gasteiger partial charge in [0.25, 0.3) is 0 Å². The average molecular weight is 213 g/mol. The summed E-state index contributed by atoms with van der Waals surface area (Å²) >= 11 is 1.88. The summed E-state index contributed by atoms with van der Waals surface area (Å²) in [7, 11) is 2.00. The van der Waals surface area contributed by atoms with Gasteiger partial charge in [-0.2, -0.15) is 5.10 Å². The Balaban J connectivity index is 2.21. The molecule has 1 heterocycles. The lowest BCUT2D eigenvalue weighted by atomic mass is 10.2. The van der Waals surface area contributed by atoms with Gasteiger partial charge in [-0.1, -0.05) is 6.42 Å². The second-order valence-corrected chi connectivity index (χ2v) is 4.56. The molecule has 0 saturated heterocycles. The third-order valence-electron chi connectivity index (χ3n) is 2.06.